The Kier molecular flexibility index (Phi) is 6.13. The third-order valence-corrected chi connectivity index (χ3v) is 5.33. The lowest BCUT2D eigenvalue weighted by molar-refractivity contribution is 0.0952. The van der Waals surface area contributed by atoms with Crippen molar-refractivity contribution >= 4 is 34.4 Å². The second-order valence-electron chi connectivity index (χ2n) is 8.02. The zero-order valence-electron chi connectivity index (χ0n) is 17.5. The summed E-state index contributed by atoms with van der Waals surface area (Å²) in [5, 5.41) is 10.7. The molecule has 0 radical (unpaired) electrons. The number of carbonyl (C=O) groups is 1. The molecule has 1 saturated carbocycles. The maximum atomic E-state index is 12.3. The topological polar surface area (TPSA) is 98.0 Å². The fourth-order valence-corrected chi connectivity index (χ4v) is 3.39. The molecule has 0 unspecified atom stereocenters. The number of hydrogen-bond donors (Lipinski definition) is 4. The third kappa shape index (κ3) is 4.88. The van der Waals surface area contributed by atoms with E-state index in [0.717, 1.165) is 35.5 Å². The molecule has 4 N–H and O–H groups in total. The lowest BCUT2D eigenvalue weighted by atomic mass is 9.93. The van der Waals surface area contributed by atoms with Crippen molar-refractivity contribution in [2.24, 2.45) is 0 Å². The number of benzene rings is 1. The summed E-state index contributed by atoms with van der Waals surface area (Å²) in [6.07, 6.45) is 6.42. The molecule has 0 saturated heterocycles. The van der Waals surface area contributed by atoms with Gasteiger partial charge in [0.05, 0.1) is 5.39 Å². The highest BCUT2D eigenvalue weighted by Gasteiger charge is 2.19. The normalized spacial score (nSPS) is 14.0. The van der Waals surface area contributed by atoms with Crippen LogP contribution in [-0.4, -0.2) is 59.0 Å². The summed E-state index contributed by atoms with van der Waals surface area (Å²) in [6.45, 7) is 1.61. The first kappa shape index (κ1) is 20.2. The van der Waals surface area contributed by atoms with E-state index >= 15 is 0 Å². The zero-order chi connectivity index (χ0) is 20.9. The Bertz CT molecular complexity index is 992. The van der Waals surface area contributed by atoms with Crippen molar-refractivity contribution in [1.29, 1.82) is 0 Å². The largest absolute Gasteiger partial charge is 0.367 e. The van der Waals surface area contributed by atoms with Crippen molar-refractivity contribution in [3.8, 4) is 0 Å². The second kappa shape index (κ2) is 9.13. The predicted molar refractivity (Wildman–Crippen MR) is 120 cm³/mol. The van der Waals surface area contributed by atoms with Crippen LogP contribution in [0.2, 0.25) is 0 Å². The van der Waals surface area contributed by atoms with Crippen molar-refractivity contribution in [2.75, 3.05) is 37.8 Å². The summed E-state index contributed by atoms with van der Waals surface area (Å²) in [7, 11) is 4.05. The van der Waals surface area contributed by atoms with Crippen molar-refractivity contribution in [3.05, 3.63) is 42.1 Å². The van der Waals surface area contributed by atoms with Gasteiger partial charge in [-0.1, -0.05) is 0 Å². The first-order chi connectivity index (χ1) is 14.6. The molecular weight excluding hydrogens is 378 g/mol. The number of carbonyl (C=O) groups excluding carboxylic acids is 1. The van der Waals surface area contributed by atoms with Crippen LogP contribution in [0, 0.1) is 0 Å². The molecule has 2 aromatic heterocycles. The molecular formula is C22H29N7O. The Hall–Kier alpha value is -3.13. The summed E-state index contributed by atoms with van der Waals surface area (Å²) in [5.74, 6) is 1.31. The summed E-state index contributed by atoms with van der Waals surface area (Å²) in [5.41, 5.74) is 2.26. The van der Waals surface area contributed by atoms with Crippen LogP contribution >= 0.6 is 0 Å². The van der Waals surface area contributed by atoms with E-state index in [1.165, 1.54) is 19.3 Å². The van der Waals surface area contributed by atoms with Crippen molar-refractivity contribution in [3.63, 3.8) is 0 Å². The van der Waals surface area contributed by atoms with E-state index in [4.69, 9.17) is 0 Å². The molecule has 3 aromatic rings. The van der Waals surface area contributed by atoms with E-state index in [9.17, 15) is 4.79 Å². The maximum Gasteiger partial charge on any atom is 0.251 e. The minimum absolute atomic E-state index is 0.0589. The predicted octanol–water partition coefficient (Wildman–Crippen LogP) is 3.35. The molecule has 1 aliphatic carbocycles. The van der Waals surface area contributed by atoms with Crippen LogP contribution < -0.4 is 16.0 Å². The molecule has 0 bridgehead atoms. The third-order valence-electron chi connectivity index (χ3n) is 5.33. The lowest BCUT2D eigenvalue weighted by Crippen LogP contribution is -2.27. The number of rotatable bonds is 9. The van der Waals surface area contributed by atoms with Gasteiger partial charge >= 0.3 is 0 Å². The molecule has 158 valence electrons. The molecule has 0 aliphatic heterocycles. The number of nitrogens with zero attached hydrogens (tertiary/aromatic N) is 3. The highest BCUT2D eigenvalue weighted by molar-refractivity contribution is 5.94. The van der Waals surface area contributed by atoms with Gasteiger partial charge in [-0.3, -0.25) is 4.79 Å². The van der Waals surface area contributed by atoms with Crippen LogP contribution in [0.1, 0.15) is 36.0 Å². The highest BCUT2D eigenvalue weighted by Crippen LogP contribution is 2.28. The molecule has 1 aliphatic rings. The lowest BCUT2D eigenvalue weighted by Gasteiger charge is -2.27. The monoisotopic (exact) mass is 407 g/mol. The van der Waals surface area contributed by atoms with E-state index in [2.05, 4.69) is 35.8 Å². The minimum atomic E-state index is -0.0589. The summed E-state index contributed by atoms with van der Waals surface area (Å²) in [4.78, 5) is 26.8. The number of fused-ring (bicyclic) bond motifs is 1. The van der Waals surface area contributed by atoms with Crippen molar-refractivity contribution < 1.29 is 4.79 Å². The Balaban J connectivity index is 1.40. The summed E-state index contributed by atoms with van der Waals surface area (Å²) in [6, 6.07) is 9.84. The fourth-order valence-electron chi connectivity index (χ4n) is 3.39. The van der Waals surface area contributed by atoms with Gasteiger partial charge in [0, 0.05) is 30.0 Å². The Morgan fingerprint density at radius 1 is 1.17 bits per heavy atom. The molecule has 1 fully saturated rings. The molecule has 1 amide bonds. The van der Waals surface area contributed by atoms with Gasteiger partial charge in [0.2, 0.25) is 5.95 Å². The second-order valence-corrected chi connectivity index (χ2v) is 8.02. The molecule has 2 heterocycles. The average molecular weight is 408 g/mol. The van der Waals surface area contributed by atoms with E-state index in [1.807, 2.05) is 50.6 Å². The van der Waals surface area contributed by atoms with Gasteiger partial charge in [0.15, 0.2) is 0 Å². The van der Waals surface area contributed by atoms with E-state index in [0.29, 0.717) is 24.1 Å². The van der Waals surface area contributed by atoms with E-state index < -0.39 is 0 Å². The van der Waals surface area contributed by atoms with Gasteiger partial charge in [0.1, 0.15) is 11.5 Å². The van der Waals surface area contributed by atoms with Crippen LogP contribution in [0.15, 0.2) is 36.5 Å². The zero-order valence-corrected chi connectivity index (χ0v) is 17.5. The number of amides is 1. The van der Waals surface area contributed by atoms with E-state index in [-0.39, 0.29) is 5.91 Å². The van der Waals surface area contributed by atoms with Gasteiger partial charge in [0.25, 0.3) is 5.91 Å². The average Bonchev–Trinajstić information content (AvgIpc) is 3.17. The minimum Gasteiger partial charge on any atom is -0.367 e. The molecule has 4 rings (SSSR count). The standard InChI is InChI=1S/C22H29N7O/c1-29(2)14-4-12-24-21(30)15-7-9-17(10-8-15)26-22-27-19-18(11-13-23-19)20(28-22)25-16-5-3-6-16/h7-11,13,16H,3-6,12,14H2,1-2H3,(H,24,30)(H3,23,25,26,27,28). The van der Waals surface area contributed by atoms with Crippen molar-refractivity contribution in [1.82, 2.24) is 25.2 Å². The van der Waals surface area contributed by atoms with Crippen LogP contribution in [-0.2, 0) is 0 Å². The van der Waals surface area contributed by atoms with Crippen LogP contribution in [0.4, 0.5) is 17.5 Å². The van der Waals surface area contributed by atoms with Crippen LogP contribution in [0.25, 0.3) is 11.0 Å². The molecule has 8 nitrogen and oxygen atoms in total. The number of H-pyrrole nitrogens is 1. The highest BCUT2D eigenvalue weighted by atomic mass is 16.1. The fraction of sp³-hybridized carbons (Fsp3) is 0.409. The molecule has 8 heteroatoms. The van der Waals surface area contributed by atoms with Gasteiger partial charge in [-0.05, 0) is 76.7 Å². The van der Waals surface area contributed by atoms with Gasteiger partial charge in [-0.2, -0.15) is 9.97 Å². The number of anilines is 3. The molecule has 1 aromatic carbocycles. The first-order valence-electron chi connectivity index (χ1n) is 10.5. The van der Waals surface area contributed by atoms with E-state index in [1.54, 1.807) is 0 Å². The number of nitrogens with one attached hydrogen (secondary N) is 4. The molecule has 0 spiro atoms. The van der Waals surface area contributed by atoms with Crippen LogP contribution in [0.3, 0.4) is 0 Å². The van der Waals surface area contributed by atoms with Crippen molar-refractivity contribution in [2.45, 2.75) is 31.7 Å². The summed E-state index contributed by atoms with van der Waals surface area (Å²) >= 11 is 0. The Morgan fingerprint density at radius 3 is 2.67 bits per heavy atom. The number of hydrogen-bond acceptors (Lipinski definition) is 6. The van der Waals surface area contributed by atoms with Gasteiger partial charge in [-0.15, -0.1) is 0 Å². The molecule has 0 atom stereocenters. The first-order valence-corrected chi connectivity index (χ1v) is 10.5. The number of aromatic amines is 1. The maximum absolute atomic E-state index is 12.3. The summed E-state index contributed by atoms with van der Waals surface area (Å²) < 4.78 is 0. The Labute approximate surface area is 176 Å². The SMILES string of the molecule is CN(C)CCCNC(=O)c1ccc(Nc2nc(NC3CCC3)c3cc[nH]c3n2)cc1. The Morgan fingerprint density at radius 2 is 1.97 bits per heavy atom. The molecule has 30 heavy (non-hydrogen) atoms. The van der Waals surface area contributed by atoms with Crippen LogP contribution in [0.5, 0.6) is 0 Å². The number of aromatic nitrogens is 3. The van der Waals surface area contributed by atoms with Gasteiger partial charge < -0.3 is 25.8 Å². The van der Waals surface area contributed by atoms with Gasteiger partial charge in [-0.25, -0.2) is 0 Å². The smallest absolute Gasteiger partial charge is 0.251 e. The quantitative estimate of drug-likeness (QED) is 0.406.